The fraction of sp³-hybridized carbons (Fsp3) is 0.400. The maximum absolute atomic E-state index is 4.67. The van der Waals surface area contributed by atoms with E-state index in [0.717, 1.165) is 61.2 Å². The van der Waals surface area contributed by atoms with Crippen molar-refractivity contribution < 1.29 is 0 Å². The van der Waals surface area contributed by atoms with Crippen molar-refractivity contribution >= 4 is 11.6 Å². The quantitative estimate of drug-likeness (QED) is 0.723. The van der Waals surface area contributed by atoms with Gasteiger partial charge in [-0.25, -0.2) is 9.97 Å². The Bertz CT molecular complexity index is 905. The van der Waals surface area contributed by atoms with Gasteiger partial charge in [-0.2, -0.15) is 5.10 Å². The molecule has 0 aliphatic carbocycles. The molecule has 4 heterocycles. The van der Waals surface area contributed by atoms with Crippen LogP contribution in [-0.4, -0.2) is 43.1 Å². The van der Waals surface area contributed by atoms with Gasteiger partial charge in [-0.15, -0.1) is 0 Å². The van der Waals surface area contributed by atoms with Crippen molar-refractivity contribution in [1.82, 2.24) is 30.0 Å². The van der Waals surface area contributed by atoms with E-state index >= 15 is 0 Å². The lowest BCUT2D eigenvalue weighted by Crippen LogP contribution is -2.34. The molecule has 3 aromatic rings. The predicted octanol–water partition coefficient (Wildman–Crippen LogP) is 3.33. The molecule has 1 aliphatic rings. The largest absolute Gasteiger partial charge is 0.323 e. The van der Waals surface area contributed by atoms with Gasteiger partial charge in [0.1, 0.15) is 5.82 Å². The van der Waals surface area contributed by atoms with E-state index in [1.165, 1.54) is 5.56 Å². The number of pyridine rings is 1. The molecule has 4 rings (SSSR count). The summed E-state index contributed by atoms with van der Waals surface area (Å²) in [5.41, 5.74) is 4.40. The van der Waals surface area contributed by atoms with Crippen LogP contribution >= 0.6 is 0 Å². The number of aromatic nitrogens is 5. The Morgan fingerprint density at radius 1 is 1.22 bits per heavy atom. The molecule has 0 saturated carbocycles. The molecule has 0 radical (unpaired) electrons. The summed E-state index contributed by atoms with van der Waals surface area (Å²) in [6, 6.07) is 5.94. The van der Waals surface area contributed by atoms with Gasteiger partial charge < -0.3 is 5.32 Å². The number of hydrogen-bond acceptors (Lipinski definition) is 6. The molecule has 0 spiro atoms. The fourth-order valence-corrected chi connectivity index (χ4v) is 3.68. The van der Waals surface area contributed by atoms with E-state index in [-0.39, 0.29) is 0 Å². The van der Waals surface area contributed by atoms with Crippen LogP contribution in [0.5, 0.6) is 0 Å². The first-order chi connectivity index (χ1) is 13.2. The Kier molecular flexibility index (Phi) is 5.11. The number of rotatable bonds is 5. The van der Waals surface area contributed by atoms with Crippen LogP contribution in [0.4, 0.5) is 11.6 Å². The van der Waals surface area contributed by atoms with Gasteiger partial charge in [-0.1, -0.05) is 6.07 Å². The van der Waals surface area contributed by atoms with E-state index in [0.29, 0.717) is 5.92 Å². The van der Waals surface area contributed by atoms with Gasteiger partial charge in [0.15, 0.2) is 5.82 Å². The predicted molar refractivity (Wildman–Crippen MR) is 105 cm³/mol. The Hall–Kier alpha value is -2.80. The summed E-state index contributed by atoms with van der Waals surface area (Å²) in [6.45, 7) is 7.05. The second-order valence-electron chi connectivity index (χ2n) is 7.17. The second kappa shape index (κ2) is 7.84. The topological polar surface area (TPSA) is 82.6 Å². The van der Waals surface area contributed by atoms with Crippen LogP contribution in [0.2, 0.25) is 0 Å². The number of anilines is 2. The van der Waals surface area contributed by atoms with E-state index in [1.807, 2.05) is 31.3 Å². The van der Waals surface area contributed by atoms with Gasteiger partial charge in [-0.3, -0.25) is 15.0 Å². The summed E-state index contributed by atoms with van der Waals surface area (Å²) in [6.07, 6.45) is 7.72. The van der Waals surface area contributed by atoms with Crippen LogP contribution in [0, 0.1) is 13.8 Å². The van der Waals surface area contributed by atoms with Gasteiger partial charge in [0, 0.05) is 48.4 Å². The minimum Gasteiger partial charge on any atom is -0.323 e. The maximum Gasteiger partial charge on any atom is 0.153 e. The van der Waals surface area contributed by atoms with Crippen molar-refractivity contribution in [3.63, 3.8) is 0 Å². The molecule has 1 fully saturated rings. The minimum absolute atomic E-state index is 0.354. The van der Waals surface area contributed by atoms with Gasteiger partial charge >= 0.3 is 0 Å². The van der Waals surface area contributed by atoms with Crippen molar-refractivity contribution in [2.45, 2.75) is 39.2 Å². The van der Waals surface area contributed by atoms with Gasteiger partial charge in [0.25, 0.3) is 0 Å². The first kappa shape index (κ1) is 17.6. The smallest absolute Gasteiger partial charge is 0.153 e. The van der Waals surface area contributed by atoms with Crippen LogP contribution in [-0.2, 0) is 6.54 Å². The van der Waals surface area contributed by atoms with Crippen LogP contribution in [0.25, 0.3) is 0 Å². The molecule has 0 unspecified atom stereocenters. The normalized spacial score (nSPS) is 17.8. The molecule has 1 saturated heterocycles. The average molecular weight is 363 g/mol. The van der Waals surface area contributed by atoms with E-state index in [4.69, 9.17) is 0 Å². The highest BCUT2D eigenvalue weighted by atomic mass is 15.2. The molecular weight excluding hydrogens is 338 g/mol. The molecule has 0 aromatic carbocycles. The first-order valence-corrected chi connectivity index (χ1v) is 9.42. The van der Waals surface area contributed by atoms with Gasteiger partial charge in [-0.05, 0) is 45.4 Å². The highest BCUT2D eigenvalue weighted by Gasteiger charge is 2.25. The average Bonchev–Trinajstić information content (AvgIpc) is 3.07. The zero-order chi connectivity index (χ0) is 18.6. The molecular formula is C20H25N7. The number of aryl methyl sites for hydroxylation is 2. The minimum atomic E-state index is 0.354. The maximum atomic E-state index is 4.67. The molecule has 7 nitrogen and oxygen atoms in total. The molecule has 0 bridgehead atoms. The second-order valence-corrected chi connectivity index (χ2v) is 7.17. The van der Waals surface area contributed by atoms with Gasteiger partial charge in [0.2, 0.25) is 0 Å². The Morgan fingerprint density at radius 2 is 2.11 bits per heavy atom. The molecule has 1 atom stereocenters. The van der Waals surface area contributed by atoms with Crippen LogP contribution in [0.15, 0.2) is 36.8 Å². The molecule has 7 heteroatoms. The number of nitrogens with zero attached hydrogens (tertiary/aromatic N) is 5. The lowest BCUT2D eigenvalue weighted by atomic mass is 9.94. The summed E-state index contributed by atoms with van der Waals surface area (Å²) in [7, 11) is 0. The summed E-state index contributed by atoms with van der Waals surface area (Å²) >= 11 is 0. The summed E-state index contributed by atoms with van der Waals surface area (Å²) in [4.78, 5) is 16.2. The summed E-state index contributed by atoms with van der Waals surface area (Å²) < 4.78 is 0. The lowest BCUT2D eigenvalue weighted by Gasteiger charge is -2.32. The third kappa shape index (κ3) is 4.14. The van der Waals surface area contributed by atoms with Crippen molar-refractivity contribution in [1.29, 1.82) is 0 Å². The Labute approximate surface area is 159 Å². The van der Waals surface area contributed by atoms with Crippen LogP contribution in [0.1, 0.15) is 41.4 Å². The number of H-pyrrole nitrogens is 1. The van der Waals surface area contributed by atoms with Crippen LogP contribution in [0.3, 0.4) is 0 Å². The number of hydrogen-bond donors (Lipinski definition) is 2. The molecule has 0 amide bonds. The van der Waals surface area contributed by atoms with Crippen molar-refractivity contribution in [3.05, 3.63) is 59.4 Å². The SMILES string of the molecule is Cc1cccc(Nc2nccnc2[C@H]2CCCN(Cc3cn[nH]c3C)C2)n1. The monoisotopic (exact) mass is 363 g/mol. The zero-order valence-electron chi connectivity index (χ0n) is 15.8. The van der Waals surface area contributed by atoms with E-state index in [2.05, 4.69) is 42.3 Å². The van der Waals surface area contributed by atoms with E-state index < -0.39 is 0 Å². The number of piperidine rings is 1. The Balaban J connectivity index is 1.51. The standard InChI is InChI=1S/C20H25N7/c1-14-5-3-7-18(24-14)25-20-19(21-8-9-22-20)16-6-4-10-27(12-16)13-17-11-23-26-15(17)2/h3,5,7-9,11,16H,4,6,10,12-13H2,1-2H3,(H,23,26)(H,22,24,25)/t16-/m0/s1. The van der Waals surface area contributed by atoms with E-state index in [1.54, 1.807) is 12.4 Å². The fourth-order valence-electron chi connectivity index (χ4n) is 3.68. The third-order valence-electron chi connectivity index (χ3n) is 5.08. The third-order valence-corrected chi connectivity index (χ3v) is 5.08. The molecule has 140 valence electrons. The Morgan fingerprint density at radius 3 is 2.93 bits per heavy atom. The summed E-state index contributed by atoms with van der Waals surface area (Å²) in [5.74, 6) is 1.97. The van der Waals surface area contributed by atoms with Crippen molar-refractivity contribution in [2.24, 2.45) is 0 Å². The number of likely N-dealkylation sites (tertiary alicyclic amines) is 1. The zero-order valence-corrected chi connectivity index (χ0v) is 15.8. The lowest BCUT2D eigenvalue weighted by molar-refractivity contribution is 0.198. The highest BCUT2D eigenvalue weighted by molar-refractivity contribution is 5.55. The summed E-state index contributed by atoms with van der Waals surface area (Å²) in [5, 5.41) is 10.5. The molecule has 2 N–H and O–H groups in total. The number of aromatic amines is 1. The van der Waals surface area contributed by atoms with E-state index in [9.17, 15) is 0 Å². The molecule has 3 aromatic heterocycles. The first-order valence-electron chi connectivity index (χ1n) is 9.42. The van der Waals surface area contributed by atoms with Gasteiger partial charge in [0.05, 0.1) is 11.9 Å². The van der Waals surface area contributed by atoms with Crippen LogP contribution < -0.4 is 5.32 Å². The van der Waals surface area contributed by atoms with Crippen molar-refractivity contribution in [3.8, 4) is 0 Å². The number of nitrogens with one attached hydrogen (secondary N) is 2. The highest BCUT2D eigenvalue weighted by Crippen LogP contribution is 2.31. The molecule has 27 heavy (non-hydrogen) atoms. The molecule has 1 aliphatic heterocycles. The van der Waals surface area contributed by atoms with Crippen molar-refractivity contribution in [2.75, 3.05) is 18.4 Å².